The number of carbonyl (C=O) groups is 2. The van der Waals surface area contributed by atoms with Crippen LogP contribution in [0, 0.1) is 0 Å². The first-order chi connectivity index (χ1) is 9.94. The molecule has 0 unspecified atom stereocenters. The molecule has 3 N–H and O–H groups in total. The normalized spacial score (nSPS) is 11.0. The molecule has 1 aromatic rings. The minimum absolute atomic E-state index is 0.0738. The number of hydrogen-bond acceptors (Lipinski definition) is 3. The van der Waals surface area contributed by atoms with E-state index in [0.717, 1.165) is 13.1 Å². The third-order valence-electron chi connectivity index (χ3n) is 3.33. The Morgan fingerprint density at radius 1 is 1.14 bits per heavy atom. The summed E-state index contributed by atoms with van der Waals surface area (Å²) in [6, 6.07) is 9.10. The van der Waals surface area contributed by atoms with E-state index < -0.39 is 0 Å². The second-order valence-corrected chi connectivity index (χ2v) is 5.64. The van der Waals surface area contributed by atoms with Crippen LogP contribution in [-0.2, 0) is 4.79 Å². The molecule has 6 heteroatoms. The molecule has 0 spiro atoms. The Labute approximate surface area is 125 Å². The molecule has 0 bridgehead atoms. The summed E-state index contributed by atoms with van der Waals surface area (Å²) in [6.07, 6.45) is 0.987. The number of benzene rings is 1. The van der Waals surface area contributed by atoms with Crippen LogP contribution < -0.4 is 10.8 Å². The van der Waals surface area contributed by atoms with Crippen LogP contribution in [0.5, 0.6) is 0 Å². The van der Waals surface area contributed by atoms with Gasteiger partial charge in [-0.05, 0) is 12.1 Å². The highest BCUT2D eigenvalue weighted by Gasteiger charge is 2.16. The molecule has 1 rings (SSSR count). The molecule has 116 valence electrons. The molecule has 0 atom stereocenters. The van der Waals surface area contributed by atoms with Crippen LogP contribution >= 0.6 is 0 Å². The zero-order chi connectivity index (χ0) is 15.7. The van der Waals surface area contributed by atoms with Crippen molar-refractivity contribution in [3.63, 3.8) is 0 Å². The van der Waals surface area contributed by atoms with Crippen LogP contribution in [-0.4, -0.2) is 55.2 Å². The first kappa shape index (κ1) is 17.1. The molecule has 0 saturated heterocycles. The standard InChI is InChI=1S/C15H23N3O3/c1-18(2,11-6-9-14(19)17-21)12-10-16-15(20)13-7-4-3-5-8-13/h3-5,7-8H,6,9-12H2,1-2H3,(H2-,16,17,19,20,21)/p+1. The predicted molar refractivity (Wildman–Crippen MR) is 79.8 cm³/mol. The van der Waals surface area contributed by atoms with Gasteiger partial charge in [0.05, 0.1) is 33.7 Å². The van der Waals surface area contributed by atoms with Gasteiger partial charge in [-0.1, -0.05) is 18.2 Å². The summed E-state index contributed by atoms with van der Waals surface area (Å²) in [4.78, 5) is 22.8. The number of rotatable bonds is 8. The largest absolute Gasteiger partial charge is 0.346 e. The van der Waals surface area contributed by atoms with Crippen LogP contribution in [0.2, 0.25) is 0 Å². The molecule has 0 heterocycles. The summed E-state index contributed by atoms with van der Waals surface area (Å²) in [5.74, 6) is -0.442. The minimum atomic E-state index is -0.368. The summed E-state index contributed by atoms with van der Waals surface area (Å²) in [5.41, 5.74) is 2.28. The van der Waals surface area contributed by atoms with Crippen molar-refractivity contribution in [3.05, 3.63) is 35.9 Å². The Balaban J connectivity index is 2.27. The monoisotopic (exact) mass is 294 g/mol. The van der Waals surface area contributed by atoms with Crippen LogP contribution in [0.3, 0.4) is 0 Å². The van der Waals surface area contributed by atoms with Gasteiger partial charge in [-0.25, -0.2) is 5.48 Å². The van der Waals surface area contributed by atoms with E-state index in [1.54, 1.807) is 17.6 Å². The van der Waals surface area contributed by atoms with Crippen LogP contribution in [0.25, 0.3) is 0 Å². The molecule has 0 aliphatic carbocycles. The molecule has 0 aromatic heterocycles. The van der Waals surface area contributed by atoms with E-state index in [2.05, 4.69) is 5.32 Å². The third-order valence-corrected chi connectivity index (χ3v) is 3.33. The van der Waals surface area contributed by atoms with Gasteiger partial charge in [0.1, 0.15) is 0 Å². The van der Waals surface area contributed by atoms with Gasteiger partial charge >= 0.3 is 0 Å². The molecule has 0 fully saturated rings. The number of quaternary nitrogens is 1. The fourth-order valence-corrected chi connectivity index (χ4v) is 2.00. The van der Waals surface area contributed by atoms with E-state index in [-0.39, 0.29) is 11.8 Å². The Morgan fingerprint density at radius 2 is 1.81 bits per heavy atom. The van der Waals surface area contributed by atoms with Crippen molar-refractivity contribution >= 4 is 11.8 Å². The molecule has 0 saturated carbocycles. The average molecular weight is 294 g/mol. The molecule has 0 aliphatic rings. The Kier molecular flexibility index (Phi) is 6.84. The van der Waals surface area contributed by atoms with Crippen molar-refractivity contribution in [3.8, 4) is 0 Å². The van der Waals surface area contributed by atoms with Crippen LogP contribution in [0.1, 0.15) is 23.2 Å². The van der Waals surface area contributed by atoms with Gasteiger partial charge in [-0.2, -0.15) is 0 Å². The van der Waals surface area contributed by atoms with Gasteiger partial charge < -0.3 is 9.80 Å². The van der Waals surface area contributed by atoms with E-state index in [0.29, 0.717) is 29.4 Å². The summed E-state index contributed by atoms with van der Waals surface area (Å²) in [6.45, 7) is 2.15. The average Bonchev–Trinajstić information content (AvgIpc) is 2.47. The number of amides is 2. The van der Waals surface area contributed by atoms with Crippen molar-refractivity contribution in [1.29, 1.82) is 0 Å². The minimum Gasteiger partial charge on any atom is -0.346 e. The lowest BCUT2D eigenvalue weighted by Crippen LogP contribution is -2.46. The predicted octanol–water partition coefficient (Wildman–Crippen LogP) is 0.778. The number of carbonyl (C=O) groups excluding carboxylic acids is 2. The molecule has 21 heavy (non-hydrogen) atoms. The molecular weight excluding hydrogens is 270 g/mol. The summed E-state index contributed by atoms with van der Waals surface area (Å²) in [5, 5.41) is 11.3. The summed E-state index contributed by atoms with van der Waals surface area (Å²) in [7, 11) is 4.09. The van der Waals surface area contributed by atoms with E-state index >= 15 is 0 Å². The maximum absolute atomic E-state index is 11.9. The fourth-order valence-electron chi connectivity index (χ4n) is 2.00. The van der Waals surface area contributed by atoms with Gasteiger partial charge in [0.2, 0.25) is 5.91 Å². The van der Waals surface area contributed by atoms with E-state index in [4.69, 9.17) is 5.21 Å². The topological polar surface area (TPSA) is 78.4 Å². The molecule has 0 aliphatic heterocycles. The number of likely N-dealkylation sites (N-methyl/N-ethyl adjacent to an activating group) is 1. The number of nitrogens with one attached hydrogen (secondary N) is 2. The highest BCUT2D eigenvalue weighted by molar-refractivity contribution is 5.94. The van der Waals surface area contributed by atoms with Crippen molar-refractivity contribution < 1.29 is 19.3 Å². The highest BCUT2D eigenvalue weighted by atomic mass is 16.5. The van der Waals surface area contributed by atoms with Gasteiger partial charge in [0.25, 0.3) is 5.91 Å². The molecule has 6 nitrogen and oxygen atoms in total. The third kappa shape index (κ3) is 6.87. The second kappa shape index (κ2) is 8.39. The lowest BCUT2D eigenvalue weighted by Gasteiger charge is -2.29. The molecule has 1 aromatic carbocycles. The first-order valence-electron chi connectivity index (χ1n) is 7.03. The Hall–Kier alpha value is -1.92. The summed E-state index contributed by atoms with van der Waals surface area (Å²) < 4.78 is 0.702. The molecular formula is C15H24N3O3+. The van der Waals surface area contributed by atoms with Crippen LogP contribution in [0.4, 0.5) is 0 Å². The lowest BCUT2D eigenvalue weighted by molar-refractivity contribution is -0.889. The quantitative estimate of drug-likeness (QED) is 0.376. The van der Waals surface area contributed by atoms with Crippen molar-refractivity contribution in [1.82, 2.24) is 10.8 Å². The van der Waals surface area contributed by atoms with Crippen molar-refractivity contribution in [2.75, 3.05) is 33.7 Å². The zero-order valence-electron chi connectivity index (χ0n) is 12.6. The fraction of sp³-hybridized carbons (Fsp3) is 0.467. The molecule has 2 amide bonds. The smallest absolute Gasteiger partial charge is 0.251 e. The van der Waals surface area contributed by atoms with Crippen molar-refractivity contribution in [2.24, 2.45) is 0 Å². The second-order valence-electron chi connectivity index (χ2n) is 5.64. The van der Waals surface area contributed by atoms with Gasteiger partial charge in [-0.3, -0.25) is 14.8 Å². The maximum Gasteiger partial charge on any atom is 0.251 e. The number of hydrogen-bond donors (Lipinski definition) is 3. The van der Waals surface area contributed by atoms with E-state index in [1.807, 2.05) is 32.3 Å². The lowest BCUT2D eigenvalue weighted by atomic mass is 10.2. The molecule has 0 radical (unpaired) electrons. The first-order valence-corrected chi connectivity index (χ1v) is 7.03. The van der Waals surface area contributed by atoms with Gasteiger partial charge in [0, 0.05) is 18.4 Å². The SMILES string of the molecule is C[N+](C)(CCCC(=O)NO)CCNC(=O)c1ccccc1. The Morgan fingerprint density at radius 3 is 2.43 bits per heavy atom. The van der Waals surface area contributed by atoms with Crippen LogP contribution in [0.15, 0.2) is 30.3 Å². The number of hydroxylamine groups is 1. The van der Waals surface area contributed by atoms with Gasteiger partial charge in [0.15, 0.2) is 0 Å². The van der Waals surface area contributed by atoms with Crippen molar-refractivity contribution in [2.45, 2.75) is 12.8 Å². The summed E-state index contributed by atoms with van der Waals surface area (Å²) >= 11 is 0. The van der Waals surface area contributed by atoms with E-state index in [1.165, 1.54) is 0 Å². The van der Waals surface area contributed by atoms with Gasteiger partial charge in [-0.15, -0.1) is 0 Å². The zero-order valence-corrected chi connectivity index (χ0v) is 12.6. The highest BCUT2D eigenvalue weighted by Crippen LogP contribution is 2.02. The number of nitrogens with zero attached hydrogens (tertiary/aromatic N) is 1. The Bertz CT molecular complexity index is 460. The maximum atomic E-state index is 11.9. The van der Waals surface area contributed by atoms with E-state index in [9.17, 15) is 9.59 Å².